The molecule has 3 rings (SSSR count). The van der Waals surface area contributed by atoms with Crippen molar-refractivity contribution >= 4 is 46.6 Å². The summed E-state index contributed by atoms with van der Waals surface area (Å²) in [5.41, 5.74) is 1.39. The number of nitrogens with zero attached hydrogens (tertiary/aromatic N) is 3. The Morgan fingerprint density at radius 1 is 1.09 bits per heavy atom. The standard InChI is InChI=1S/C21H22Cl2N4O4S/c1-12-7-13(5-6-14(12)22)31-10-19-25-26-21(27(19)2)32-11-20(28)24-16-9-17(29-3)15(23)8-18(16)30-4/h5-9H,10-11H2,1-4H3,(H,24,28). The van der Waals surface area contributed by atoms with E-state index >= 15 is 0 Å². The van der Waals surface area contributed by atoms with Gasteiger partial charge < -0.3 is 24.1 Å². The van der Waals surface area contributed by atoms with Gasteiger partial charge in [0.25, 0.3) is 0 Å². The first-order valence-electron chi connectivity index (χ1n) is 9.43. The first-order valence-corrected chi connectivity index (χ1v) is 11.2. The van der Waals surface area contributed by atoms with E-state index in [1.165, 1.54) is 26.0 Å². The number of nitrogens with one attached hydrogen (secondary N) is 1. The van der Waals surface area contributed by atoms with E-state index in [0.717, 1.165) is 5.56 Å². The van der Waals surface area contributed by atoms with Crippen molar-refractivity contribution in [1.82, 2.24) is 14.8 Å². The minimum Gasteiger partial charge on any atom is -0.495 e. The number of aryl methyl sites for hydroxylation is 1. The molecule has 0 bridgehead atoms. The zero-order valence-electron chi connectivity index (χ0n) is 17.9. The topological polar surface area (TPSA) is 87.5 Å². The lowest BCUT2D eigenvalue weighted by atomic mass is 10.2. The van der Waals surface area contributed by atoms with Crippen LogP contribution in [0.1, 0.15) is 11.4 Å². The first kappa shape index (κ1) is 24.0. The predicted octanol–water partition coefficient (Wildman–Crippen LogP) is 4.76. The van der Waals surface area contributed by atoms with E-state index in [4.69, 9.17) is 37.4 Å². The number of rotatable bonds is 9. The van der Waals surface area contributed by atoms with Crippen molar-refractivity contribution in [2.45, 2.75) is 18.7 Å². The average molecular weight is 497 g/mol. The summed E-state index contributed by atoms with van der Waals surface area (Å²) in [6, 6.07) is 8.64. The number of hydrogen-bond donors (Lipinski definition) is 1. The fourth-order valence-corrected chi connectivity index (χ4v) is 3.80. The van der Waals surface area contributed by atoms with E-state index in [9.17, 15) is 4.79 Å². The van der Waals surface area contributed by atoms with Crippen molar-refractivity contribution in [1.29, 1.82) is 0 Å². The maximum absolute atomic E-state index is 12.5. The molecule has 1 amide bonds. The van der Waals surface area contributed by atoms with E-state index < -0.39 is 0 Å². The number of aromatic nitrogens is 3. The fraction of sp³-hybridized carbons (Fsp3) is 0.286. The van der Waals surface area contributed by atoms with Crippen LogP contribution in [0, 0.1) is 6.92 Å². The number of amides is 1. The highest BCUT2D eigenvalue weighted by molar-refractivity contribution is 7.99. The van der Waals surface area contributed by atoms with Gasteiger partial charge in [-0.05, 0) is 30.7 Å². The molecule has 0 aliphatic rings. The zero-order valence-corrected chi connectivity index (χ0v) is 20.3. The molecule has 0 aliphatic heterocycles. The van der Waals surface area contributed by atoms with Gasteiger partial charge in [0.05, 0.1) is 30.7 Å². The molecule has 170 valence electrons. The maximum atomic E-state index is 12.5. The highest BCUT2D eigenvalue weighted by Crippen LogP contribution is 2.36. The third-order valence-electron chi connectivity index (χ3n) is 4.50. The molecular weight excluding hydrogens is 475 g/mol. The van der Waals surface area contributed by atoms with Gasteiger partial charge in [0.15, 0.2) is 11.0 Å². The van der Waals surface area contributed by atoms with Crippen LogP contribution in [0.15, 0.2) is 35.5 Å². The van der Waals surface area contributed by atoms with Crippen molar-refractivity contribution in [2.24, 2.45) is 7.05 Å². The van der Waals surface area contributed by atoms with Gasteiger partial charge in [-0.15, -0.1) is 10.2 Å². The number of benzene rings is 2. The molecular formula is C21H22Cl2N4O4S. The molecule has 0 aliphatic carbocycles. The lowest BCUT2D eigenvalue weighted by Crippen LogP contribution is -2.15. The highest BCUT2D eigenvalue weighted by atomic mass is 35.5. The summed E-state index contributed by atoms with van der Waals surface area (Å²) in [4.78, 5) is 12.5. The third kappa shape index (κ3) is 5.79. The van der Waals surface area contributed by atoms with E-state index in [1.54, 1.807) is 28.8 Å². The monoisotopic (exact) mass is 496 g/mol. The average Bonchev–Trinajstić information content (AvgIpc) is 3.13. The van der Waals surface area contributed by atoms with Crippen LogP contribution in [0.25, 0.3) is 0 Å². The number of anilines is 1. The van der Waals surface area contributed by atoms with Crippen molar-refractivity contribution in [2.75, 3.05) is 25.3 Å². The summed E-state index contributed by atoms with van der Waals surface area (Å²) >= 11 is 13.4. The number of methoxy groups -OCH3 is 2. The van der Waals surface area contributed by atoms with Gasteiger partial charge in [-0.2, -0.15) is 0 Å². The molecule has 0 saturated carbocycles. The number of carbonyl (C=O) groups is 1. The Balaban J connectivity index is 1.59. The zero-order chi connectivity index (χ0) is 23.3. The fourth-order valence-electron chi connectivity index (χ4n) is 2.73. The van der Waals surface area contributed by atoms with Gasteiger partial charge in [0, 0.05) is 24.2 Å². The summed E-state index contributed by atoms with van der Waals surface area (Å²) in [6.45, 7) is 2.14. The van der Waals surface area contributed by atoms with Crippen LogP contribution < -0.4 is 19.5 Å². The summed E-state index contributed by atoms with van der Waals surface area (Å²) in [5, 5.41) is 12.8. The molecule has 2 aromatic carbocycles. The van der Waals surface area contributed by atoms with Gasteiger partial charge in [0.2, 0.25) is 5.91 Å². The molecule has 0 fully saturated rings. The van der Waals surface area contributed by atoms with Gasteiger partial charge in [-0.3, -0.25) is 4.79 Å². The molecule has 1 N–H and O–H groups in total. The van der Waals surface area contributed by atoms with Gasteiger partial charge in [0.1, 0.15) is 23.9 Å². The first-order chi connectivity index (χ1) is 15.3. The molecule has 0 unspecified atom stereocenters. The van der Waals surface area contributed by atoms with Crippen LogP contribution in [-0.2, 0) is 18.4 Å². The SMILES string of the molecule is COc1cc(NC(=O)CSc2nnc(COc3ccc(Cl)c(C)c3)n2C)c(OC)cc1Cl. The number of ether oxygens (including phenoxy) is 3. The molecule has 0 saturated heterocycles. The lowest BCUT2D eigenvalue weighted by Gasteiger charge is -2.13. The quantitative estimate of drug-likeness (QED) is 0.427. The van der Waals surface area contributed by atoms with Crippen LogP contribution in [0.2, 0.25) is 10.0 Å². The second-order valence-corrected chi connectivity index (χ2v) is 8.44. The Labute approximate surface area is 200 Å². The Morgan fingerprint density at radius 2 is 1.84 bits per heavy atom. The van der Waals surface area contributed by atoms with Gasteiger partial charge >= 0.3 is 0 Å². The van der Waals surface area contributed by atoms with Crippen LogP contribution in [0.5, 0.6) is 17.2 Å². The summed E-state index contributed by atoms with van der Waals surface area (Å²) in [6.07, 6.45) is 0. The van der Waals surface area contributed by atoms with Crippen molar-refractivity contribution in [3.63, 3.8) is 0 Å². The minimum absolute atomic E-state index is 0.122. The molecule has 3 aromatic rings. The number of carbonyl (C=O) groups excluding carboxylic acids is 1. The smallest absolute Gasteiger partial charge is 0.234 e. The molecule has 32 heavy (non-hydrogen) atoms. The molecule has 0 radical (unpaired) electrons. The summed E-state index contributed by atoms with van der Waals surface area (Å²) in [5.74, 6) is 2.07. The van der Waals surface area contributed by atoms with Crippen molar-refractivity contribution in [3.05, 3.63) is 51.8 Å². The summed E-state index contributed by atoms with van der Waals surface area (Å²) in [7, 11) is 4.81. The predicted molar refractivity (Wildman–Crippen MR) is 125 cm³/mol. The summed E-state index contributed by atoms with van der Waals surface area (Å²) < 4.78 is 18.0. The Morgan fingerprint density at radius 3 is 2.53 bits per heavy atom. The van der Waals surface area contributed by atoms with Crippen molar-refractivity contribution < 1.29 is 19.0 Å². The van der Waals surface area contributed by atoms with Crippen LogP contribution in [0.4, 0.5) is 5.69 Å². The highest BCUT2D eigenvalue weighted by Gasteiger charge is 2.15. The Bertz CT molecular complexity index is 1120. The van der Waals surface area contributed by atoms with Crippen molar-refractivity contribution in [3.8, 4) is 17.2 Å². The van der Waals surface area contributed by atoms with E-state index in [0.29, 0.717) is 44.0 Å². The molecule has 8 nitrogen and oxygen atoms in total. The normalized spacial score (nSPS) is 10.7. The maximum Gasteiger partial charge on any atom is 0.234 e. The van der Waals surface area contributed by atoms with E-state index in [2.05, 4.69) is 15.5 Å². The molecule has 11 heteroatoms. The molecule has 0 atom stereocenters. The lowest BCUT2D eigenvalue weighted by molar-refractivity contribution is -0.113. The second kappa shape index (κ2) is 10.8. The molecule has 1 aromatic heterocycles. The largest absolute Gasteiger partial charge is 0.495 e. The number of thioether (sulfide) groups is 1. The number of hydrogen-bond acceptors (Lipinski definition) is 7. The van der Waals surface area contributed by atoms with E-state index in [-0.39, 0.29) is 18.3 Å². The molecule has 0 spiro atoms. The van der Waals surface area contributed by atoms with E-state index in [1.807, 2.05) is 20.0 Å². The second-order valence-electron chi connectivity index (χ2n) is 6.68. The number of halogens is 2. The van der Waals surface area contributed by atoms with Crippen LogP contribution >= 0.6 is 35.0 Å². The third-order valence-corrected chi connectivity index (χ3v) is 6.24. The Hall–Kier alpha value is -2.62. The molecule has 1 heterocycles. The van der Waals surface area contributed by atoms with Gasteiger partial charge in [-0.1, -0.05) is 35.0 Å². The minimum atomic E-state index is -0.241. The van der Waals surface area contributed by atoms with Gasteiger partial charge in [-0.25, -0.2) is 0 Å². The van der Waals surface area contributed by atoms with Crippen LogP contribution in [-0.4, -0.2) is 40.6 Å². The van der Waals surface area contributed by atoms with Crippen LogP contribution in [0.3, 0.4) is 0 Å². The Kier molecular flexibility index (Phi) is 8.11.